The van der Waals surface area contributed by atoms with Crippen LogP contribution in [0.1, 0.15) is 23.6 Å². The number of rotatable bonds is 5. The quantitative estimate of drug-likeness (QED) is 0.645. The number of benzene rings is 1. The molecule has 0 saturated carbocycles. The van der Waals surface area contributed by atoms with Crippen molar-refractivity contribution >= 4 is 11.3 Å². The molecule has 2 rings (SSSR count). The molecule has 0 aliphatic carbocycles. The monoisotopic (exact) mass is 268 g/mol. The lowest BCUT2D eigenvalue weighted by Crippen LogP contribution is -2.28. The molecule has 0 fully saturated rings. The number of thiophene rings is 1. The summed E-state index contributed by atoms with van der Waals surface area (Å²) in [4.78, 5) is 0. The molecule has 0 saturated heterocycles. The largest absolute Gasteiger partial charge is 0.271 e. The number of halogens is 2. The normalized spacial score (nSPS) is 12.6. The van der Waals surface area contributed by atoms with E-state index in [4.69, 9.17) is 5.84 Å². The Morgan fingerprint density at radius 1 is 1.22 bits per heavy atom. The smallest absolute Gasteiger partial charge is 0.126 e. The van der Waals surface area contributed by atoms with Crippen LogP contribution in [0.4, 0.5) is 8.78 Å². The topological polar surface area (TPSA) is 38.0 Å². The fourth-order valence-electron chi connectivity index (χ4n) is 1.87. The lowest BCUT2D eigenvalue weighted by atomic mass is 10.0. The van der Waals surface area contributed by atoms with Crippen molar-refractivity contribution in [1.82, 2.24) is 5.43 Å². The second kappa shape index (κ2) is 6.04. The first-order valence-electron chi connectivity index (χ1n) is 5.62. The van der Waals surface area contributed by atoms with Crippen LogP contribution in [0.15, 0.2) is 35.0 Å². The van der Waals surface area contributed by atoms with Gasteiger partial charge in [0, 0.05) is 12.1 Å². The van der Waals surface area contributed by atoms with Crippen LogP contribution in [0.3, 0.4) is 0 Å². The number of hydrazine groups is 1. The summed E-state index contributed by atoms with van der Waals surface area (Å²) >= 11 is 1.63. The van der Waals surface area contributed by atoms with Gasteiger partial charge < -0.3 is 0 Å². The van der Waals surface area contributed by atoms with Crippen molar-refractivity contribution in [1.29, 1.82) is 0 Å². The van der Waals surface area contributed by atoms with Gasteiger partial charge in [0.25, 0.3) is 0 Å². The van der Waals surface area contributed by atoms with Crippen LogP contribution in [-0.4, -0.2) is 0 Å². The van der Waals surface area contributed by atoms with E-state index in [1.807, 2.05) is 11.4 Å². The Balaban J connectivity index is 2.07. The van der Waals surface area contributed by atoms with Gasteiger partial charge in [-0.1, -0.05) is 0 Å². The van der Waals surface area contributed by atoms with E-state index in [0.717, 1.165) is 12.5 Å². The molecule has 0 aliphatic heterocycles. The van der Waals surface area contributed by atoms with Crippen molar-refractivity contribution in [2.45, 2.75) is 18.9 Å². The molecule has 96 valence electrons. The van der Waals surface area contributed by atoms with E-state index in [2.05, 4.69) is 10.8 Å². The Labute approximate surface area is 108 Å². The van der Waals surface area contributed by atoms with Crippen molar-refractivity contribution in [2.24, 2.45) is 5.84 Å². The molecule has 0 amide bonds. The van der Waals surface area contributed by atoms with Gasteiger partial charge in [-0.3, -0.25) is 11.3 Å². The van der Waals surface area contributed by atoms with Crippen molar-refractivity contribution in [3.05, 3.63) is 57.8 Å². The predicted octanol–water partition coefficient (Wildman–Crippen LogP) is 3.16. The zero-order chi connectivity index (χ0) is 13.0. The van der Waals surface area contributed by atoms with E-state index in [0.29, 0.717) is 12.0 Å². The lowest BCUT2D eigenvalue weighted by molar-refractivity contribution is 0.504. The molecule has 0 bridgehead atoms. The Kier molecular flexibility index (Phi) is 4.41. The maximum atomic E-state index is 13.1. The molecule has 1 unspecified atom stereocenters. The molecule has 0 aliphatic rings. The molecule has 1 heterocycles. The third kappa shape index (κ3) is 3.35. The minimum absolute atomic E-state index is 0.255. The molecule has 5 heteroatoms. The van der Waals surface area contributed by atoms with Gasteiger partial charge in [0.05, 0.1) is 0 Å². The van der Waals surface area contributed by atoms with E-state index >= 15 is 0 Å². The molecule has 18 heavy (non-hydrogen) atoms. The third-order valence-corrected chi connectivity index (χ3v) is 3.52. The number of aryl methyl sites for hydroxylation is 1. The number of hydrogen-bond donors (Lipinski definition) is 2. The van der Waals surface area contributed by atoms with Crippen LogP contribution in [0, 0.1) is 11.6 Å². The highest BCUT2D eigenvalue weighted by Gasteiger charge is 2.12. The molecular formula is C13H14F2N2S. The molecule has 1 aromatic heterocycles. The van der Waals surface area contributed by atoms with E-state index < -0.39 is 11.6 Å². The van der Waals surface area contributed by atoms with E-state index in [9.17, 15) is 8.78 Å². The van der Waals surface area contributed by atoms with Crippen LogP contribution >= 0.6 is 11.3 Å². The van der Waals surface area contributed by atoms with Crippen LogP contribution < -0.4 is 11.3 Å². The van der Waals surface area contributed by atoms with E-state index in [-0.39, 0.29) is 6.04 Å². The van der Waals surface area contributed by atoms with Gasteiger partial charge >= 0.3 is 0 Å². The summed E-state index contributed by atoms with van der Waals surface area (Å²) < 4.78 is 26.3. The molecule has 2 nitrogen and oxygen atoms in total. The first kappa shape index (κ1) is 13.1. The molecule has 2 aromatic rings. The van der Waals surface area contributed by atoms with Crippen molar-refractivity contribution in [3.63, 3.8) is 0 Å². The van der Waals surface area contributed by atoms with E-state index in [1.165, 1.54) is 17.7 Å². The van der Waals surface area contributed by atoms with Gasteiger partial charge in [-0.05, 0) is 52.9 Å². The highest BCUT2D eigenvalue weighted by molar-refractivity contribution is 7.07. The molecule has 0 spiro atoms. The van der Waals surface area contributed by atoms with Crippen molar-refractivity contribution in [3.8, 4) is 0 Å². The number of hydrogen-bond acceptors (Lipinski definition) is 3. The number of nitrogens with one attached hydrogen (secondary N) is 1. The van der Waals surface area contributed by atoms with Gasteiger partial charge in [0.15, 0.2) is 0 Å². The Morgan fingerprint density at radius 3 is 2.50 bits per heavy atom. The van der Waals surface area contributed by atoms with Gasteiger partial charge in [-0.15, -0.1) is 0 Å². The van der Waals surface area contributed by atoms with Crippen molar-refractivity contribution in [2.75, 3.05) is 0 Å². The van der Waals surface area contributed by atoms with Gasteiger partial charge in [-0.2, -0.15) is 11.3 Å². The standard InChI is InChI=1S/C13H14F2N2S/c14-11-5-10(6-12(15)7-11)13(17-16)2-1-9-3-4-18-8-9/h3-8,13,17H,1-2,16H2. The van der Waals surface area contributed by atoms with Gasteiger partial charge in [0.1, 0.15) is 11.6 Å². The zero-order valence-electron chi connectivity index (χ0n) is 9.70. The summed E-state index contributed by atoms with van der Waals surface area (Å²) in [6.45, 7) is 0. The fraction of sp³-hybridized carbons (Fsp3) is 0.231. The zero-order valence-corrected chi connectivity index (χ0v) is 10.5. The maximum absolute atomic E-state index is 13.1. The van der Waals surface area contributed by atoms with Crippen molar-refractivity contribution < 1.29 is 8.78 Å². The average Bonchev–Trinajstić information content (AvgIpc) is 2.81. The summed E-state index contributed by atoms with van der Waals surface area (Å²) in [6.07, 6.45) is 1.51. The molecular weight excluding hydrogens is 254 g/mol. The van der Waals surface area contributed by atoms with Crippen LogP contribution in [0.5, 0.6) is 0 Å². The Morgan fingerprint density at radius 2 is 1.94 bits per heavy atom. The van der Waals surface area contributed by atoms with Gasteiger partial charge in [-0.25, -0.2) is 8.78 Å². The summed E-state index contributed by atoms with van der Waals surface area (Å²) in [7, 11) is 0. The van der Waals surface area contributed by atoms with Crippen LogP contribution in [0.2, 0.25) is 0 Å². The highest BCUT2D eigenvalue weighted by Crippen LogP contribution is 2.21. The Hall–Kier alpha value is -1.30. The molecule has 1 atom stereocenters. The average molecular weight is 268 g/mol. The van der Waals surface area contributed by atoms with Gasteiger partial charge in [0.2, 0.25) is 0 Å². The fourth-order valence-corrected chi connectivity index (χ4v) is 2.57. The molecule has 3 N–H and O–H groups in total. The minimum atomic E-state index is -0.583. The first-order chi connectivity index (χ1) is 8.69. The maximum Gasteiger partial charge on any atom is 0.126 e. The summed E-state index contributed by atoms with van der Waals surface area (Å²) in [5.41, 5.74) is 4.34. The van der Waals surface area contributed by atoms with E-state index in [1.54, 1.807) is 11.3 Å². The Bertz CT molecular complexity index is 479. The van der Waals surface area contributed by atoms with Crippen LogP contribution in [-0.2, 0) is 6.42 Å². The molecule has 1 aromatic carbocycles. The molecule has 0 radical (unpaired) electrons. The summed E-state index contributed by atoms with van der Waals surface area (Å²) in [5.74, 6) is 4.29. The van der Waals surface area contributed by atoms with Crippen LogP contribution in [0.25, 0.3) is 0 Å². The minimum Gasteiger partial charge on any atom is -0.271 e. The second-order valence-electron chi connectivity index (χ2n) is 4.09. The predicted molar refractivity (Wildman–Crippen MR) is 69.1 cm³/mol. The summed E-state index contributed by atoms with van der Waals surface area (Å²) in [5, 5.41) is 4.06. The SMILES string of the molecule is NNC(CCc1ccsc1)c1cc(F)cc(F)c1. The second-order valence-corrected chi connectivity index (χ2v) is 4.87. The third-order valence-electron chi connectivity index (χ3n) is 2.79. The highest BCUT2D eigenvalue weighted by atomic mass is 32.1. The lowest BCUT2D eigenvalue weighted by Gasteiger charge is -2.16. The number of nitrogens with two attached hydrogens (primary N) is 1. The summed E-state index contributed by atoms with van der Waals surface area (Å²) in [6, 6.07) is 5.25. The first-order valence-corrected chi connectivity index (χ1v) is 6.56.